The zero-order valence-electron chi connectivity index (χ0n) is 17.7. The number of hydrogen-bond donors (Lipinski definition) is 1. The minimum absolute atomic E-state index is 0.0168. The van der Waals surface area contributed by atoms with Crippen LogP contribution in [0, 0.1) is 0 Å². The molecule has 31 heavy (non-hydrogen) atoms. The summed E-state index contributed by atoms with van der Waals surface area (Å²) in [4.78, 5) is 16.5. The van der Waals surface area contributed by atoms with Gasteiger partial charge in [-0.2, -0.15) is 0 Å². The number of nitrogens with one attached hydrogen (secondary N) is 1. The second kappa shape index (κ2) is 9.40. The number of sulfonamides is 1. The van der Waals surface area contributed by atoms with Gasteiger partial charge in [0.15, 0.2) is 0 Å². The topological polar surface area (TPSA) is 69.7 Å². The summed E-state index contributed by atoms with van der Waals surface area (Å²) in [7, 11) is -3.70. The SMILES string of the molecule is CCC(=O)N1CCc2cc(Br)c(S(=O)(=O)NC3CCN(Cc4ccccc4)CC3)cc21. The van der Waals surface area contributed by atoms with Gasteiger partial charge in [-0.15, -0.1) is 0 Å². The van der Waals surface area contributed by atoms with E-state index >= 15 is 0 Å². The van der Waals surface area contributed by atoms with E-state index in [0.717, 1.165) is 44.5 Å². The molecular weight excluding hydrogens is 478 g/mol. The summed E-state index contributed by atoms with van der Waals surface area (Å²) in [6.07, 6.45) is 2.69. The second-order valence-electron chi connectivity index (χ2n) is 8.22. The number of fused-ring (bicyclic) bond motifs is 1. The molecule has 2 aromatic carbocycles. The average Bonchev–Trinajstić information content (AvgIpc) is 3.17. The van der Waals surface area contributed by atoms with Gasteiger partial charge in [-0.05, 0) is 58.5 Å². The molecule has 2 aliphatic heterocycles. The van der Waals surface area contributed by atoms with Crippen molar-refractivity contribution in [1.82, 2.24) is 9.62 Å². The summed E-state index contributed by atoms with van der Waals surface area (Å²) in [6, 6.07) is 13.7. The lowest BCUT2D eigenvalue weighted by atomic mass is 10.1. The number of amides is 1. The molecule has 2 heterocycles. The van der Waals surface area contributed by atoms with Crippen LogP contribution in [0.15, 0.2) is 51.8 Å². The first-order valence-corrected chi connectivity index (χ1v) is 13.1. The zero-order valence-corrected chi connectivity index (χ0v) is 20.1. The Morgan fingerprint density at radius 1 is 1.13 bits per heavy atom. The van der Waals surface area contributed by atoms with Crippen LogP contribution in [0.25, 0.3) is 0 Å². The second-order valence-corrected chi connectivity index (χ2v) is 10.8. The number of nitrogens with zero attached hydrogens (tertiary/aromatic N) is 2. The van der Waals surface area contributed by atoms with Gasteiger partial charge in [0.1, 0.15) is 0 Å². The van der Waals surface area contributed by atoms with Crippen molar-refractivity contribution in [2.24, 2.45) is 0 Å². The number of carbonyl (C=O) groups is 1. The van der Waals surface area contributed by atoms with Crippen LogP contribution in [0.1, 0.15) is 37.3 Å². The molecule has 0 bridgehead atoms. The van der Waals surface area contributed by atoms with Gasteiger partial charge in [0, 0.05) is 48.8 Å². The number of carbonyl (C=O) groups excluding carboxylic acids is 1. The average molecular weight is 506 g/mol. The van der Waals surface area contributed by atoms with E-state index in [1.165, 1.54) is 5.56 Å². The normalized spacial score (nSPS) is 17.7. The van der Waals surface area contributed by atoms with Crippen molar-refractivity contribution in [3.63, 3.8) is 0 Å². The Morgan fingerprint density at radius 2 is 1.84 bits per heavy atom. The van der Waals surface area contributed by atoms with Gasteiger partial charge in [-0.1, -0.05) is 37.3 Å². The molecule has 0 unspecified atom stereocenters. The highest BCUT2D eigenvalue weighted by Gasteiger charge is 2.30. The number of hydrogen-bond acceptors (Lipinski definition) is 4. The predicted octanol–water partition coefficient (Wildman–Crippen LogP) is 3.69. The van der Waals surface area contributed by atoms with Crippen molar-refractivity contribution in [3.05, 3.63) is 58.1 Å². The Morgan fingerprint density at radius 3 is 2.52 bits per heavy atom. The lowest BCUT2D eigenvalue weighted by molar-refractivity contribution is -0.118. The van der Waals surface area contributed by atoms with Crippen molar-refractivity contribution >= 4 is 37.5 Å². The van der Waals surface area contributed by atoms with Crippen LogP contribution in [0.2, 0.25) is 0 Å². The molecule has 4 rings (SSSR count). The van der Waals surface area contributed by atoms with Crippen molar-refractivity contribution in [2.45, 2.75) is 50.1 Å². The molecule has 166 valence electrons. The van der Waals surface area contributed by atoms with E-state index in [0.29, 0.717) is 23.1 Å². The van der Waals surface area contributed by atoms with Crippen LogP contribution in [-0.4, -0.2) is 44.9 Å². The maximum atomic E-state index is 13.2. The lowest BCUT2D eigenvalue weighted by Crippen LogP contribution is -2.44. The number of likely N-dealkylation sites (tertiary alicyclic amines) is 1. The molecule has 1 saturated heterocycles. The van der Waals surface area contributed by atoms with Crippen LogP contribution >= 0.6 is 15.9 Å². The third kappa shape index (κ3) is 5.03. The van der Waals surface area contributed by atoms with Crippen LogP contribution in [-0.2, 0) is 27.8 Å². The fourth-order valence-electron chi connectivity index (χ4n) is 4.38. The highest BCUT2D eigenvalue weighted by atomic mass is 79.9. The molecule has 0 radical (unpaired) electrons. The van der Waals surface area contributed by atoms with Crippen molar-refractivity contribution < 1.29 is 13.2 Å². The summed E-state index contributed by atoms with van der Waals surface area (Å²) < 4.78 is 29.8. The fourth-order valence-corrected chi connectivity index (χ4v) is 6.79. The van der Waals surface area contributed by atoms with Crippen molar-refractivity contribution in [2.75, 3.05) is 24.5 Å². The van der Waals surface area contributed by atoms with E-state index in [9.17, 15) is 13.2 Å². The zero-order chi connectivity index (χ0) is 22.0. The van der Waals surface area contributed by atoms with E-state index in [-0.39, 0.29) is 16.8 Å². The molecule has 0 saturated carbocycles. The highest BCUT2D eigenvalue weighted by Crippen LogP contribution is 2.36. The number of anilines is 1. The number of rotatable bonds is 6. The van der Waals surface area contributed by atoms with Gasteiger partial charge in [0.05, 0.1) is 4.90 Å². The van der Waals surface area contributed by atoms with E-state index in [1.54, 1.807) is 11.0 Å². The molecule has 8 heteroatoms. The maximum Gasteiger partial charge on any atom is 0.242 e. The Hall–Kier alpha value is -1.74. The predicted molar refractivity (Wildman–Crippen MR) is 126 cm³/mol. The highest BCUT2D eigenvalue weighted by molar-refractivity contribution is 9.10. The van der Waals surface area contributed by atoms with Crippen LogP contribution < -0.4 is 9.62 Å². The molecule has 1 N–H and O–H groups in total. The minimum Gasteiger partial charge on any atom is -0.312 e. The van der Waals surface area contributed by atoms with Gasteiger partial charge in [-0.3, -0.25) is 9.69 Å². The largest absolute Gasteiger partial charge is 0.312 e. The molecule has 1 fully saturated rings. The number of halogens is 1. The van der Waals surface area contributed by atoms with Gasteiger partial charge >= 0.3 is 0 Å². The maximum absolute atomic E-state index is 13.2. The molecule has 2 aromatic rings. The van der Waals surface area contributed by atoms with Crippen LogP contribution in [0.3, 0.4) is 0 Å². The quantitative estimate of drug-likeness (QED) is 0.649. The lowest BCUT2D eigenvalue weighted by Gasteiger charge is -2.32. The van der Waals surface area contributed by atoms with Gasteiger partial charge < -0.3 is 4.90 Å². The van der Waals surface area contributed by atoms with E-state index in [2.05, 4.69) is 37.7 Å². The summed E-state index contributed by atoms with van der Waals surface area (Å²) >= 11 is 3.44. The molecule has 0 aromatic heterocycles. The number of piperidine rings is 1. The molecule has 0 atom stereocenters. The first-order valence-electron chi connectivity index (χ1n) is 10.8. The van der Waals surface area contributed by atoms with Gasteiger partial charge in [-0.25, -0.2) is 13.1 Å². The summed E-state index contributed by atoms with van der Waals surface area (Å²) in [6.45, 7) is 5.02. The number of benzene rings is 2. The van der Waals surface area contributed by atoms with Gasteiger partial charge in [0.25, 0.3) is 0 Å². The molecule has 0 aliphatic carbocycles. The Labute approximate surface area is 192 Å². The van der Waals surface area contributed by atoms with Crippen molar-refractivity contribution in [1.29, 1.82) is 0 Å². The summed E-state index contributed by atoms with van der Waals surface area (Å²) in [5, 5.41) is 0. The fraction of sp³-hybridized carbons (Fsp3) is 0.435. The monoisotopic (exact) mass is 505 g/mol. The standard InChI is InChI=1S/C23H28BrN3O3S/c1-2-23(28)27-13-8-18-14-20(24)22(15-21(18)27)31(29,30)25-19-9-11-26(12-10-19)16-17-6-4-3-5-7-17/h3-7,14-15,19,25H,2,8-13,16H2,1H3. The Bertz CT molecular complexity index is 1050. The summed E-state index contributed by atoms with van der Waals surface area (Å²) in [5.41, 5.74) is 2.99. The summed E-state index contributed by atoms with van der Waals surface area (Å²) in [5.74, 6) is 0.0168. The first kappa shape index (κ1) is 22.5. The molecule has 6 nitrogen and oxygen atoms in total. The Balaban J connectivity index is 1.43. The molecule has 2 aliphatic rings. The smallest absolute Gasteiger partial charge is 0.242 e. The third-order valence-electron chi connectivity index (χ3n) is 6.08. The van der Waals surface area contributed by atoms with E-state index in [4.69, 9.17) is 0 Å². The molecule has 0 spiro atoms. The minimum atomic E-state index is -3.70. The third-order valence-corrected chi connectivity index (χ3v) is 8.56. The van der Waals surface area contributed by atoms with E-state index in [1.807, 2.05) is 31.2 Å². The molecule has 1 amide bonds. The van der Waals surface area contributed by atoms with Crippen LogP contribution in [0.4, 0.5) is 5.69 Å². The van der Waals surface area contributed by atoms with E-state index < -0.39 is 10.0 Å². The van der Waals surface area contributed by atoms with Crippen molar-refractivity contribution in [3.8, 4) is 0 Å². The first-order chi connectivity index (χ1) is 14.9. The van der Waals surface area contributed by atoms with Gasteiger partial charge in [0.2, 0.25) is 15.9 Å². The molecular formula is C23H28BrN3O3S. The van der Waals surface area contributed by atoms with Crippen LogP contribution in [0.5, 0.6) is 0 Å². The Kier molecular flexibility index (Phi) is 6.81.